The Balaban J connectivity index is 2.82. The van der Waals surface area contributed by atoms with Crippen LogP contribution >= 0.6 is 0 Å². The second-order valence-corrected chi connectivity index (χ2v) is 7.45. The number of aryl methyl sites for hydroxylation is 2. The highest BCUT2D eigenvalue weighted by Gasteiger charge is 2.15. The molecule has 0 aliphatic carbocycles. The molecule has 1 aromatic carbocycles. The van der Waals surface area contributed by atoms with Gasteiger partial charge in [-0.15, -0.1) is 0 Å². The van der Waals surface area contributed by atoms with Gasteiger partial charge < -0.3 is 5.32 Å². The predicted molar refractivity (Wildman–Crippen MR) is 81.3 cm³/mol. The molecule has 0 bridgehead atoms. The van der Waals surface area contributed by atoms with E-state index in [0.717, 1.165) is 13.0 Å². The summed E-state index contributed by atoms with van der Waals surface area (Å²) in [5.74, 6) is 0.264. The van der Waals surface area contributed by atoms with Crippen LogP contribution in [0.15, 0.2) is 18.2 Å². The molecule has 19 heavy (non-hydrogen) atoms. The standard InChI is InChI=1S/C15H25NO2S/c1-5-16-14(10-7-11-19(4,17)18)15-12(2)8-6-9-13(15)3/h6,8-9,14,16H,5,7,10-11H2,1-4H3. The van der Waals surface area contributed by atoms with Crippen LogP contribution in [0.2, 0.25) is 0 Å². The summed E-state index contributed by atoms with van der Waals surface area (Å²) < 4.78 is 22.4. The minimum absolute atomic E-state index is 0.243. The van der Waals surface area contributed by atoms with Crippen molar-refractivity contribution in [3.05, 3.63) is 34.9 Å². The third-order valence-corrected chi connectivity index (χ3v) is 4.38. The SMILES string of the molecule is CCNC(CCCS(C)(=O)=O)c1c(C)cccc1C. The first-order chi connectivity index (χ1) is 8.85. The maximum atomic E-state index is 11.2. The first-order valence-corrected chi connectivity index (χ1v) is 8.88. The quantitative estimate of drug-likeness (QED) is 0.837. The molecular formula is C15H25NO2S. The van der Waals surface area contributed by atoms with Gasteiger partial charge in [-0.2, -0.15) is 0 Å². The van der Waals surface area contributed by atoms with Crippen molar-refractivity contribution < 1.29 is 8.42 Å². The molecule has 3 nitrogen and oxygen atoms in total. The third kappa shape index (κ3) is 5.33. The summed E-state index contributed by atoms with van der Waals surface area (Å²) in [4.78, 5) is 0. The van der Waals surface area contributed by atoms with E-state index in [4.69, 9.17) is 0 Å². The van der Waals surface area contributed by atoms with Crippen LogP contribution in [-0.4, -0.2) is 27.0 Å². The van der Waals surface area contributed by atoms with Gasteiger partial charge in [0.2, 0.25) is 0 Å². The van der Waals surface area contributed by atoms with Gasteiger partial charge in [0, 0.05) is 18.1 Å². The van der Waals surface area contributed by atoms with Crippen LogP contribution < -0.4 is 5.32 Å². The lowest BCUT2D eigenvalue weighted by molar-refractivity contribution is 0.503. The number of hydrogen-bond donors (Lipinski definition) is 1. The number of sulfone groups is 1. The highest BCUT2D eigenvalue weighted by Crippen LogP contribution is 2.25. The Kier molecular flexibility index (Phi) is 6.01. The van der Waals surface area contributed by atoms with E-state index in [1.165, 1.54) is 22.9 Å². The van der Waals surface area contributed by atoms with E-state index in [2.05, 4.69) is 44.3 Å². The molecule has 1 N–H and O–H groups in total. The molecule has 0 amide bonds. The molecule has 0 saturated carbocycles. The smallest absolute Gasteiger partial charge is 0.147 e. The first kappa shape index (κ1) is 16.2. The van der Waals surface area contributed by atoms with E-state index in [1.807, 2.05) is 0 Å². The van der Waals surface area contributed by atoms with Crippen molar-refractivity contribution >= 4 is 9.84 Å². The molecule has 4 heteroatoms. The second kappa shape index (κ2) is 7.06. The Morgan fingerprint density at radius 2 is 1.79 bits per heavy atom. The van der Waals surface area contributed by atoms with Crippen molar-refractivity contribution in [2.45, 2.75) is 39.7 Å². The zero-order chi connectivity index (χ0) is 14.5. The summed E-state index contributed by atoms with van der Waals surface area (Å²) in [5.41, 5.74) is 3.86. The number of benzene rings is 1. The summed E-state index contributed by atoms with van der Waals surface area (Å²) in [6, 6.07) is 6.54. The molecule has 108 valence electrons. The van der Waals surface area contributed by atoms with E-state index in [1.54, 1.807) is 0 Å². The van der Waals surface area contributed by atoms with Gasteiger partial charge in [0.05, 0.1) is 0 Å². The minimum atomic E-state index is -2.86. The van der Waals surface area contributed by atoms with Gasteiger partial charge in [0.1, 0.15) is 9.84 Å². The zero-order valence-corrected chi connectivity index (χ0v) is 13.2. The van der Waals surface area contributed by atoms with Gasteiger partial charge in [-0.25, -0.2) is 8.42 Å². The van der Waals surface area contributed by atoms with Crippen LogP contribution in [0.3, 0.4) is 0 Å². The normalized spacial score (nSPS) is 13.5. The van der Waals surface area contributed by atoms with Crippen molar-refractivity contribution in [3.8, 4) is 0 Å². The summed E-state index contributed by atoms with van der Waals surface area (Å²) >= 11 is 0. The first-order valence-electron chi connectivity index (χ1n) is 6.82. The molecule has 0 aliphatic rings. The van der Waals surface area contributed by atoms with Crippen LogP contribution in [0.1, 0.15) is 42.5 Å². The largest absolute Gasteiger partial charge is 0.310 e. The maximum Gasteiger partial charge on any atom is 0.147 e. The van der Waals surface area contributed by atoms with Crippen molar-refractivity contribution in [2.24, 2.45) is 0 Å². The van der Waals surface area contributed by atoms with Gasteiger partial charge in [-0.05, 0) is 49.9 Å². The van der Waals surface area contributed by atoms with Gasteiger partial charge in [0.25, 0.3) is 0 Å². The topological polar surface area (TPSA) is 46.2 Å². The van der Waals surface area contributed by atoms with E-state index in [0.29, 0.717) is 6.42 Å². The monoisotopic (exact) mass is 283 g/mol. The third-order valence-electron chi connectivity index (χ3n) is 3.35. The fourth-order valence-corrected chi connectivity index (χ4v) is 3.21. The van der Waals surface area contributed by atoms with Crippen molar-refractivity contribution in [3.63, 3.8) is 0 Å². The van der Waals surface area contributed by atoms with E-state index in [9.17, 15) is 8.42 Å². The maximum absolute atomic E-state index is 11.2. The van der Waals surface area contributed by atoms with E-state index in [-0.39, 0.29) is 11.8 Å². The molecule has 1 aromatic rings. The van der Waals surface area contributed by atoms with Crippen molar-refractivity contribution in [1.29, 1.82) is 0 Å². The molecule has 1 unspecified atom stereocenters. The summed E-state index contributed by atoms with van der Waals surface area (Å²) in [5, 5.41) is 3.47. The number of rotatable bonds is 7. The molecule has 0 radical (unpaired) electrons. The molecule has 0 saturated heterocycles. The number of hydrogen-bond acceptors (Lipinski definition) is 3. The average Bonchev–Trinajstić information content (AvgIpc) is 2.27. The Morgan fingerprint density at radius 1 is 1.21 bits per heavy atom. The Labute approximate surface area is 117 Å². The van der Waals surface area contributed by atoms with Crippen LogP contribution in [0, 0.1) is 13.8 Å². The van der Waals surface area contributed by atoms with Crippen LogP contribution in [0.5, 0.6) is 0 Å². The Hall–Kier alpha value is -0.870. The highest BCUT2D eigenvalue weighted by atomic mass is 32.2. The minimum Gasteiger partial charge on any atom is -0.310 e. The second-order valence-electron chi connectivity index (χ2n) is 5.19. The van der Waals surface area contributed by atoms with Gasteiger partial charge in [-0.3, -0.25) is 0 Å². The molecule has 1 rings (SSSR count). The molecule has 0 aromatic heterocycles. The van der Waals surface area contributed by atoms with E-state index < -0.39 is 9.84 Å². The Bertz CT molecular complexity index is 489. The highest BCUT2D eigenvalue weighted by molar-refractivity contribution is 7.90. The van der Waals surface area contributed by atoms with Gasteiger partial charge >= 0.3 is 0 Å². The predicted octanol–water partition coefficient (Wildman–Crippen LogP) is 2.78. The lowest BCUT2D eigenvalue weighted by Gasteiger charge is -2.22. The van der Waals surface area contributed by atoms with Gasteiger partial charge in [-0.1, -0.05) is 25.1 Å². The fraction of sp³-hybridized carbons (Fsp3) is 0.600. The molecule has 1 atom stereocenters. The summed E-state index contributed by atoms with van der Waals surface area (Å²) in [6.07, 6.45) is 2.85. The molecule has 0 heterocycles. The zero-order valence-electron chi connectivity index (χ0n) is 12.4. The Morgan fingerprint density at radius 3 is 2.26 bits per heavy atom. The van der Waals surface area contributed by atoms with E-state index >= 15 is 0 Å². The van der Waals surface area contributed by atoms with Gasteiger partial charge in [0.15, 0.2) is 0 Å². The average molecular weight is 283 g/mol. The number of nitrogens with one attached hydrogen (secondary N) is 1. The molecule has 0 fully saturated rings. The molecule has 0 spiro atoms. The molecular weight excluding hydrogens is 258 g/mol. The summed E-state index contributed by atoms with van der Waals surface area (Å²) in [7, 11) is -2.86. The lowest BCUT2D eigenvalue weighted by Crippen LogP contribution is -2.23. The van der Waals surface area contributed by atoms with Crippen molar-refractivity contribution in [2.75, 3.05) is 18.6 Å². The van der Waals surface area contributed by atoms with Crippen LogP contribution in [-0.2, 0) is 9.84 Å². The van der Waals surface area contributed by atoms with Crippen LogP contribution in [0.4, 0.5) is 0 Å². The summed E-state index contributed by atoms with van der Waals surface area (Å²) in [6.45, 7) is 7.20. The fourth-order valence-electron chi connectivity index (χ4n) is 2.52. The molecule has 0 aliphatic heterocycles. The lowest BCUT2D eigenvalue weighted by atomic mass is 9.93. The van der Waals surface area contributed by atoms with Crippen LogP contribution in [0.25, 0.3) is 0 Å². The van der Waals surface area contributed by atoms with Crippen molar-refractivity contribution in [1.82, 2.24) is 5.32 Å².